The molecule has 2 heterocycles. The lowest BCUT2D eigenvalue weighted by Crippen LogP contribution is -2.41. The van der Waals surface area contributed by atoms with Gasteiger partial charge in [-0.05, 0) is 37.3 Å². The molecule has 122 valence electrons. The number of fused-ring (bicyclic) bond motifs is 1. The van der Waals surface area contributed by atoms with Gasteiger partial charge in [0.2, 0.25) is 11.8 Å². The van der Waals surface area contributed by atoms with Crippen molar-refractivity contribution >= 4 is 17.5 Å². The molecule has 4 heteroatoms. The van der Waals surface area contributed by atoms with Crippen LogP contribution in [0, 0.1) is 5.41 Å². The zero-order chi connectivity index (χ0) is 15.9. The lowest BCUT2D eigenvalue weighted by atomic mass is 9.84. The second kappa shape index (κ2) is 5.66. The van der Waals surface area contributed by atoms with Gasteiger partial charge in [-0.1, -0.05) is 31.0 Å². The van der Waals surface area contributed by atoms with E-state index in [4.69, 9.17) is 0 Å². The first-order chi connectivity index (χ1) is 11.2. The second-order valence-corrected chi connectivity index (χ2v) is 7.23. The van der Waals surface area contributed by atoms with Crippen LogP contribution in [-0.4, -0.2) is 36.3 Å². The highest BCUT2D eigenvalue weighted by atomic mass is 16.2. The van der Waals surface area contributed by atoms with Crippen molar-refractivity contribution in [3.05, 3.63) is 29.8 Å². The Labute approximate surface area is 137 Å². The SMILES string of the molecule is O=C1CC2(CCCC2)C(=O)N1CCN1CCCc2ccccc21. The van der Waals surface area contributed by atoms with Crippen LogP contribution >= 0.6 is 0 Å². The van der Waals surface area contributed by atoms with Crippen molar-refractivity contribution in [2.75, 3.05) is 24.5 Å². The van der Waals surface area contributed by atoms with Gasteiger partial charge in [-0.25, -0.2) is 0 Å². The maximum atomic E-state index is 12.7. The second-order valence-electron chi connectivity index (χ2n) is 7.23. The first-order valence-corrected chi connectivity index (χ1v) is 8.87. The van der Waals surface area contributed by atoms with Crippen molar-refractivity contribution in [3.63, 3.8) is 0 Å². The molecule has 1 aromatic rings. The van der Waals surface area contributed by atoms with E-state index >= 15 is 0 Å². The van der Waals surface area contributed by atoms with Gasteiger partial charge in [0.25, 0.3) is 0 Å². The number of anilines is 1. The summed E-state index contributed by atoms with van der Waals surface area (Å²) in [5.74, 6) is 0.146. The minimum Gasteiger partial charge on any atom is -0.370 e. The van der Waals surface area contributed by atoms with Crippen molar-refractivity contribution in [2.24, 2.45) is 5.41 Å². The van der Waals surface area contributed by atoms with Crippen LogP contribution in [0.4, 0.5) is 5.69 Å². The Morgan fingerprint density at radius 1 is 1.00 bits per heavy atom. The molecule has 1 saturated carbocycles. The first-order valence-electron chi connectivity index (χ1n) is 8.87. The van der Waals surface area contributed by atoms with Crippen LogP contribution in [0.25, 0.3) is 0 Å². The first kappa shape index (κ1) is 14.7. The van der Waals surface area contributed by atoms with Gasteiger partial charge >= 0.3 is 0 Å². The fourth-order valence-electron chi connectivity index (χ4n) is 4.59. The Balaban J connectivity index is 1.46. The van der Waals surface area contributed by atoms with E-state index in [0.29, 0.717) is 13.0 Å². The quantitative estimate of drug-likeness (QED) is 0.806. The number of hydrogen-bond acceptors (Lipinski definition) is 3. The van der Waals surface area contributed by atoms with Crippen LogP contribution in [0.1, 0.15) is 44.1 Å². The van der Waals surface area contributed by atoms with Crippen molar-refractivity contribution in [2.45, 2.75) is 44.9 Å². The minimum absolute atomic E-state index is 0.0437. The number of benzene rings is 1. The van der Waals surface area contributed by atoms with Crippen molar-refractivity contribution in [1.29, 1.82) is 0 Å². The molecule has 2 aliphatic heterocycles. The molecule has 0 atom stereocenters. The Kier molecular flexibility index (Phi) is 3.63. The Morgan fingerprint density at radius 3 is 2.61 bits per heavy atom. The molecule has 4 rings (SSSR count). The summed E-state index contributed by atoms with van der Waals surface area (Å²) in [6.07, 6.45) is 6.70. The molecule has 2 fully saturated rings. The maximum absolute atomic E-state index is 12.7. The summed E-state index contributed by atoms with van der Waals surface area (Å²) in [7, 11) is 0. The molecule has 1 aliphatic carbocycles. The number of para-hydroxylation sites is 1. The number of nitrogens with zero attached hydrogens (tertiary/aromatic N) is 2. The van der Waals surface area contributed by atoms with Crippen LogP contribution < -0.4 is 4.90 Å². The zero-order valence-corrected chi connectivity index (χ0v) is 13.6. The van der Waals surface area contributed by atoms with Gasteiger partial charge in [-0.2, -0.15) is 0 Å². The van der Waals surface area contributed by atoms with E-state index < -0.39 is 0 Å². The van der Waals surface area contributed by atoms with E-state index in [1.807, 2.05) is 0 Å². The molecule has 1 aromatic carbocycles. The van der Waals surface area contributed by atoms with Crippen LogP contribution in [0.3, 0.4) is 0 Å². The normalized spacial score (nSPS) is 23.0. The Morgan fingerprint density at radius 2 is 1.78 bits per heavy atom. The molecule has 2 amide bonds. The standard InChI is InChI=1S/C19H24N2O2/c22-17-14-19(9-3-4-10-19)18(23)21(17)13-12-20-11-5-7-15-6-1-2-8-16(15)20/h1-2,6,8H,3-5,7,9-14H2. The maximum Gasteiger partial charge on any atom is 0.235 e. The molecular formula is C19H24N2O2. The summed E-state index contributed by atoms with van der Waals surface area (Å²) in [5.41, 5.74) is 2.31. The topological polar surface area (TPSA) is 40.6 Å². The Hall–Kier alpha value is -1.84. The molecule has 3 aliphatic rings. The minimum atomic E-state index is -0.336. The summed E-state index contributed by atoms with van der Waals surface area (Å²) in [6, 6.07) is 8.48. The van der Waals surface area contributed by atoms with E-state index in [2.05, 4.69) is 29.2 Å². The smallest absolute Gasteiger partial charge is 0.235 e. The fourth-order valence-corrected chi connectivity index (χ4v) is 4.59. The fraction of sp³-hybridized carbons (Fsp3) is 0.579. The third-order valence-corrected chi connectivity index (χ3v) is 5.85. The number of amides is 2. The highest BCUT2D eigenvalue weighted by Gasteiger charge is 2.52. The van der Waals surface area contributed by atoms with Crippen molar-refractivity contribution in [1.82, 2.24) is 4.90 Å². The van der Waals surface area contributed by atoms with Gasteiger partial charge in [0.15, 0.2) is 0 Å². The van der Waals surface area contributed by atoms with E-state index in [9.17, 15) is 9.59 Å². The van der Waals surface area contributed by atoms with E-state index in [1.54, 1.807) is 4.90 Å². The van der Waals surface area contributed by atoms with Gasteiger partial charge in [-0.3, -0.25) is 14.5 Å². The molecular weight excluding hydrogens is 288 g/mol. The predicted octanol–water partition coefficient (Wildman–Crippen LogP) is 2.76. The number of aryl methyl sites for hydroxylation is 1. The summed E-state index contributed by atoms with van der Waals surface area (Å²) < 4.78 is 0. The average molecular weight is 312 g/mol. The average Bonchev–Trinajstić information content (AvgIpc) is 3.12. The summed E-state index contributed by atoms with van der Waals surface area (Å²) in [5, 5.41) is 0. The van der Waals surface area contributed by atoms with Crippen molar-refractivity contribution in [3.8, 4) is 0 Å². The zero-order valence-electron chi connectivity index (χ0n) is 13.6. The highest BCUT2D eigenvalue weighted by Crippen LogP contribution is 2.46. The number of imide groups is 1. The third-order valence-electron chi connectivity index (χ3n) is 5.85. The van der Waals surface area contributed by atoms with Crippen LogP contribution in [0.5, 0.6) is 0 Å². The molecule has 0 unspecified atom stereocenters. The number of likely N-dealkylation sites (tertiary alicyclic amines) is 1. The molecule has 0 N–H and O–H groups in total. The van der Waals surface area contributed by atoms with Gasteiger partial charge in [0, 0.05) is 31.7 Å². The molecule has 0 radical (unpaired) electrons. The molecule has 0 aromatic heterocycles. The highest BCUT2D eigenvalue weighted by molar-refractivity contribution is 6.06. The molecule has 0 bridgehead atoms. The lowest BCUT2D eigenvalue weighted by molar-refractivity contribution is -0.141. The third kappa shape index (κ3) is 2.44. The molecule has 1 saturated heterocycles. The van der Waals surface area contributed by atoms with Crippen LogP contribution in [-0.2, 0) is 16.0 Å². The van der Waals surface area contributed by atoms with Crippen LogP contribution in [0.15, 0.2) is 24.3 Å². The van der Waals surface area contributed by atoms with E-state index in [0.717, 1.165) is 51.6 Å². The number of rotatable bonds is 3. The van der Waals surface area contributed by atoms with Gasteiger partial charge < -0.3 is 4.90 Å². The molecule has 4 nitrogen and oxygen atoms in total. The number of carbonyl (C=O) groups excluding carboxylic acids is 2. The number of carbonyl (C=O) groups is 2. The predicted molar refractivity (Wildman–Crippen MR) is 89.2 cm³/mol. The lowest BCUT2D eigenvalue weighted by Gasteiger charge is -2.32. The largest absolute Gasteiger partial charge is 0.370 e. The summed E-state index contributed by atoms with van der Waals surface area (Å²) in [4.78, 5) is 29.0. The van der Waals surface area contributed by atoms with E-state index in [1.165, 1.54) is 11.3 Å². The van der Waals surface area contributed by atoms with Crippen LogP contribution in [0.2, 0.25) is 0 Å². The molecule has 1 spiro atoms. The monoisotopic (exact) mass is 312 g/mol. The molecule has 23 heavy (non-hydrogen) atoms. The van der Waals surface area contributed by atoms with Gasteiger partial charge in [0.1, 0.15) is 0 Å². The van der Waals surface area contributed by atoms with Crippen molar-refractivity contribution < 1.29 is 9.59 Å². The Bertz CT molecular complexity index is 634. The number of hydrogen-bond donors (Lipinski definition) is 0. The summed E-state index contributed by atoms with van der Waals surface area (Å²) in [6.45, 7) is 2.30. The van der Waals surface area contributed by atoms with E-state index in [-0.39, 0.29) is 17.2 Å². The van der Waals surface area contributed by atoms with Gasteiger partial charge in [-0.15, -0.1) is 0 Å². The summed E-state index contributed by atoms with van der Waals surface area (Å²) >= 11 is 0. The van der Waals surface area contributed by atoms with Gasteiger partial charge in [0.05, 0.1) is 5.41 Å².